The van der Waals surface area contributed by atoms with Gasteiger partial charge >= 0.3 is 0 Å². The maximum atomic E-state index is 12.9. The van der Waals surface area contributed by atoms with E-state index < -0.39 is 0 Å². The lowest BCUT2D eigenvalue weighted by Gasteiger charge is -2.48. The molecule has 3 aromatic rings. The maximum absolute atomic E-state index is 12.9. The molecule has 33 heavy (non-hydrogen) atoms. The molecule has 5 rings (SSSR count). The van der Waals surface area contributed by atoms with E-state index in [1.165, 1.54) is 0 Å². The zero-order valence-corrected chi connectivity index (χ0v) is 19.0. The van der Waals surface area contributed by atoms with Crippen molar-refractivity contribution in [2.45, 2.75) is 18.9 Å². The van der Waals surface area contributed by atoms with Crippen LogP contribution in [-0.2, 0) is 11.2 Å². The molecule has 172 valence electrons. The van der Waals surface area contributed by atoms with Crippen LogP contribution in [-0.4, -0.2) is 71.7 Å². The van der Waals surface area contributed by atoms with Crippen LogP contribution < -0.4 is 9.47 Å². The molecule has 0 N–H and O–H groups in total. The summed E-state index contributed by atoms with van der Waals surface area (Å²) in [5, 5.41) is 4.14. The number of rotatable bonds is 6. The van der Waals surface area contributed by atoms with Crippen molar-refractivity contribution in [1.82, 2.24) is 24.9 Å². The number of likely N-dealkylation sites (tertiary alicyclic amines) is 2. The van der Waals surface area contributed by atoms with Crippen LogP contribution in [0.15, 0.2) is 47.2 Å². The third-order valence-electron chi connectivity index (χ3n) is 6.56. The van der Waals surface area contributed by atoms with E-state index in [1.807, 2.05) is 29.2 Å². The molecule has 9 nitrogen and oxygen atoms in total. The number of benzene rings is 1. The van der Waals surface area contributed by atoms with Crippen molar-refractivity contribution in [1.29, 1.82) is 0 Å². The van der Waals surface area contributed by atoms with E-state index in [0.717, 1.165) is 37.2 Å². The van der Waals surface area contributed by atoms with Crippen molar-refractivity contribution in [3.8, 4) is 22.9 Å². The molecule has 2 fully saturated rings. The molecular formula is C24H27N5O4. The smallest absolute Gasteiger partial charge is 0.244 e. The van der Waals surface area contributed by atoms with Crippen LogP contribution in [0.25, 0.3) is 11.4 Å². The molecule has 1 aromatic carbocycles. The Morgan fingerprint density at radius 2 is 1.94 bits per heavy atom. The van der Waals surface area contributed by atoms with Gasteiger partial charge in [-0.2, -0.15) is 4.98 Å². The molecule has 4 heterocycles. The van der Waals surface area contributed by atoms with Crippen LogP contribution >= 0.6 is 0 Å². The summed E-state index contributed by atoms with van der Waals surface area (Å²) in [6.45, 7) is 2.35. The van der Waals surface area contributed by atoms with Crippen molar-refractivity contribution in [2.24, 2.45) is 5.41 Å². The van der Waals surface area contributed by atoms with Crippen molar-refractivity contribution >= 4 is 5.91 Å². The van der Waals surface area contributed by atoms with Crippen LogP contribution in [0.5, 0.6) is 11.5 Å². The fourth-order valence-electron chi connectivity index (χ4n) is 4.95. The third kappa shape index (κ3) is 4.16. The minimum Gasteiger partial charge on any atom is -0.497 e. The average molecular weight is 450 g/mol. The Bertz CT molecular complexity index is 1120. The van der Waals surface area contributed by atoms with Crippen LogP contribution in [0.2, 0.25) is 0 Å². The van der Waals surface area contributed by atoms with Crippen LogP contribution in [0.4, 0.5) is 0 Å². The third-order valence-corrected chi connectivity index (χ3v) is 6.56. The number of amides is 1. The van der Waals surface area contributed by atoms with Crippen LogP contribution in [0, 0.1) is 5.41 Å². The molecule has 9 heteroatoms. The molecule has 1 spiro atoms. The molecule has 0 bridgehead atoms. The van der Waals surface area contributed by atoms with Gasteiger partial charge in [-0.3, -0.25) is 14.7 Å². The monoisotopic (exact) mass is 449 g/mol. The minimum absolute atomic E-state index is 0.0443. The number of ether oxygens (including phenoxy) is 2. The lowest BCUT2D eigenvalue weighted by atomic mass is 9.77. The van der Waals surface area contributed by atoms with E-state index in [-0.39, 0.29) is 17.4 Å². The lowest BCUT2D eigenvalue weighted by Crippen LogP contribution is -2.59. The summed E-state index contributed by atoms with van der Waals surface area (Å²) < 4.78 is 16.2. The number of pyridine rings is 1. The number of methoxy groups -OCH3 is 2. The zero-order chi connectivity index (χ0) is 23.0. The first-order valence-corrected chi connectivity index (χ1v) is 10.9. The van der Waals surface area contributed by atoms with E-state index in [0.29, 0.717) is 29.6 Å². The normalized spacial score (nSPS) is 19.5. The molecule has 1 atom stereocenters. The largest absolute Gasteiger partial charge is 0.497 e. The van der Waals surface area contributed by atoms with Gasteiger partial charge in [0.25, 0.3) is 0 Å². The average Bonchev–Trinajstić information content (AvgIpc) is 3.43. The maximum Gasteiger partial charge on any atom is 0.244 e. The number of nitrogens with zero attached hydrogens (tertiary/aromatic N) is 5. The van der Waals surface area contributed by atoms with Gasteiger partial charge in [-0.05, 0) is 43.3 Å². The topological polar surface area (TPSA) is 93.8 Å². The quantitative estimate of drug-likeness (QED) is 0.567. The van der Waals surface area contributed by atoms with Gasteiger partial charge in [-0.15, -0.1) is 0 Å². The molecular weight excluding hydrogens is 422 g/mol. The summed E-state index contributed by atoms with van der Waals surface area (Å²) in [5.41, 5.74) is 1.77. The SMILES string of the molecule is COc1cc(CC(=O)N2CC3(CC(c4nc(-c5cccnc5)no4)N(C)C3)C2)cc(OC)c1. The van der Waals surface area contributed by atoms with Crippen molar-refractivity contribution in [3.63, 3.8) is 0 Å². The Hall–Kier alpha value is -3.46. The Morgan fingerprint density at radius 3 is 2.61 bits per heavy atom. The van der Waals surface area contributed by atoms with E-state index in [4.69, 9.17) is 14.0 Å². The molecule has 0 radical (unpaired) electrons. The summed E-state index contributed by atoms with van der Waals surface area (Å²) in [6, 6.07) is 9.37. The van der Waals surface area contributed by atoms with Crippen LogP contribution in [0.3, 0.4) is 0 Å². The number of aromatic nitrogens is 3. The van der Waals surface area contributed by atoms with Gasteiger partial charge in [-0.1, -0.05) is 5.16 Å². The fraction of sp³-hybridized carbons (Fsp3) is 0.417. The van der Waals surface area contributed by atoms with E-state index in [9.17, 15) is 4.79 Å². The second kappa shape index (κ2) is 8.47. The molecule has 2 aliphatic heterocycles. The Balaban J connectivity index is 1.22. The van der Waals surface area contributed by atoms with Gasteiger partial charge in [0.2, 0.25) is 17.6 Å². The Labute approximate surface area is 192 Å². The highest BCUT2D eigenvalue weighted by molar-refractivity contribution is 5.80. The summed E-state index contributed by atoms with van der Waals surface area (Å²) >= 11 is 0. The van der Waals surface area contributed by atoms with E-state index in [1.54, 1.807) is 32.7 Å². The van der Waals surface area contributed by atoms with Crippen molar-refractivity contribution in [3.05, 3.63) is 54.2 Å². The molecule has 0 aliphatic carbocycles. The molecule has 2 aromatic heterocycles. The number of carbonyl (C=O) groups excluding carboxylic acids is 1. The number of hydrogen-bond donors (Lipinski definition) is 0. The van der Waals surface area contributed by atoms with Gasteiger partial charge in [0.1, 0.15) is 11.5 Å². The molecule has 1 amide bonds. The first kappa shape index (κ1) is 21.4. The summed E-state index contributed by atoms with van der Waals surface area (Å²) in [6.07, 6.45) is 4.64. The first-order valence-electron chi connectivity index (χ1n) is 10.9. The van der Waals surface area contributed by atoms with Gasteiger partial charge < -0.3 is 18.9 Å². The van der Waals surface area contributed by atoms with Crippen molar-refractivity contribution in [2.75, 3.05) is 40.9 Å². The van der Waals surface area contributed by atoms with Gasteiger partial charge in [0.15, 0.2) is 0 Å². The lowest BCUT2D eigenvalue weighted by molar-refractivity contribution is -0.141. The van der Waals surface area contributed by atoms with Crippen LogP contribution in [0.1, 0.15) is 23.9 Å². The summed E-state index contributed by atoms with van der Waals surface area (Å²) in [4.78, 5) is 25.8. The standard InChI is InChI=1S/C24H27N5O4/c1-28-13-24(11-20(28)23-26-22(27-33-23)17-5-4-6-25-12-17)14-29(15-24)21(30)9-16-7-18(31-2)10-19(8-16)32-3/h4-8,10,12,20H,9,11,13-15H2,1-3H3. The minimum atomic E-state index is 0.0443. The summed E-state index contributed by atoms with van der Waals surface area (Å²) in [7, 11) is 5.28. The predicted molar refractivity (Wildman–Crippen MR) is 120 cm³/mol. The first-order chi connectivity index (χ1) is 16.0. The number of hydrogen-bond acceptors (Lipinski definition) is 8. The van der Waals surface area contributed by atoms with E-state index >= 15 is 0 Å². The Morgan fingerprint density at radius 1 is 1.18 bits per heavy atom. The van der Waals surface area contributed by atoms with Gasteiger partial charge in [0.05, 0.1) is 26.7 Å². The van der Waals surface area contributed by atoms with Crippen molar-refractivity contribution < 1.29 is 18.8 Å². The highest BCUT2D eigenvalue weighted by atomic mass is 16.5. The van der Waals surface area contributed by atoms with Gasteiger partial charge in [-0.25, -0.2) is 0 Å². The second-order valence-electron chi connectivity index (χ2n) is 8.98. The zero-order valence-electron chi connectivity index (χ0n) is 19.0. The molecule has 2 aliphatic rings. The van der Waals surface area contributed by atoms with Gasteiger partial charge in [0, 0.05) is 49.1 Å². The predicted octanol–water partition coefficient (Wildman–Crippen LogP) is 2.60. The highest BCUT2D eigenvalue weighted by Crippen LogP contribution is 2.47. The number of carbonyl (C=O) groups is 1. The molecule has 1 unspecified atom stereocenters. The fourth-order valence-corrected chi connectivity index (χ4v) is 4.95. The molecule has 2 saturated heterocycles. The second-order valence-corrected chi connectivity index (χ2v) is 8.98. The summed E-state index contributed by atoms with van der Waals surface area (Å²) in [5.74, 6) is 2.64. The highest BCUT2D eigenvalue weighted by Gasteiger charge is 2.53. The van der Waals surface area contributed by atoms with E-state index in [2.05, 4.69) is 27.1 Å². The molecule has 0 saturated carbocycles. The Kier molecular flexibility index (Phi) is 5.49.